The average molecular weight is 320 g/mol. The zero-order chi connectivity index (χ0) is 16.3. The summed E-state index contributed by atoms with van der Waals surface area (Å²) in [6.07, 6.45) is 0. The number of carbonyl (C=O) groups excluding carboxylic acids is 1. The summed E-state index contributed by atoms with van der Waals surface area (Å²) in [5.74, 6) is -0.342. The summed E-state index contributed by atoms with van der Waals surface area (Å²) in [6, 6.07) is 7.88. The SMILES string of the molecule is CCN(CC)c1ccc(-n2c(C(=O)OC)nn(C)c2=S)cc1. The van der Waals surface area contributed by atoms with E-state index in [9.17, 15) is 4.79 Å². The van der Waals surface area contributed by atoms with Gasteiger partial charge < -0.3 is 9.64 Å². The zero-order valence-corrected chi connectivity index (χ0v) is 14.1. The fourth-order valence-electron chi connectivity index (χ4n) is 2.32. The number of hydrogen-bond donors (Lipinski definition) is 0. The lowest BCUT2D eigenvalue weighted by atomic mass is 10.2. The Balaban J connectivity index is 2.49. The van der Waals surface area contributed by atoms with E-state index in [0.717, 1.165) is 24.5 Å². The van der Waals surface area contributed by atoms with Crippen LogP contribution in [0.15, 0.2) is 24.3 Å². The van der Waals surface area contributed by atoms with Gasteiger partial charge in [-0.15, -0.1) is 5.10 Å². The highest BCUT2D eigenvalue weighted by Gasteiger charge is 2.18. The number of rotatable bonds is 5. The van der Waals surface area contributed by atoms with Gasteiger partial charge in [-0.1, -0.05) is 0 Å². The molecule has 118 valence electrons. The first-order chi connectivity index (χ1) is 10.5. The van der Waals surface area contributed by atoms with Crippen LogP contribution in [0.4, 0.5) is 5.69 Å². The first-order valence-corrected chi connectivity index (χ1v) is 7.54. The van der Waals surface area contributed by atoms with Crippen molar-refractivity contribution in [3.05, 3.63) is 34.9 Å². The van der Waals surface area contributed by atoms with Gasteiger partial charge in [0.05, 0.1) is 12.8 Å². The van der Waals surface area contributed by atoms with Crippen LogP contribution in [0.25, 0.3) is 5.69 Å². The molecule has 0 saturated carbocycles. The molecule has 0 bridgehead atoms. The number of ether oxygens (including phenoxy) is 1. The number of carbonyl (C=O) groups is 1. The van der Waals surface area contributed by atoms with E-state index in [1.54, 1.807) is 11.6 Å². The van der Waals surface area contributed by atoms with Crippen molar-refractivity contribution in [2.24, 2.45) is 7.05 Å². The highest BCUT2D eigenvalue weighted by Crippen LogP contribution is 2.19. The predicted molar refractivity (Wildman–Crippen MR) is 88.3 cm³/mol. The Morgan fingerprint density at radius 2 is 1.86 bits per heavy atom. The molecule has 0 unspecified atom stereocenters. The largest absolute Gasteiger partial charge is 0.463 e. The molecule has 1 aromatic heterocycles. The van der Waals surface area contributed by atoms with E-state index < -0.39 is 5.97 Å². The average Bonchev–Trinajstić information content (AvgIpc) is 2.84. The maximum Gasteiger partial charge on any atom is 0.376 e. The van der Waals surface area contributed by atoms with Crippen molar-refractivity contribution in [2.45, 2.75) is 13.8 Å². The minimum absolute atomic E-state index is 0.172. The second-order valence-electron chi connectivity index (χ2n) is 4.75. The van der Waals surface area contributed by atoms with Gasteiger partial charge in [0.15, 0.2) is 0 Å². The molecule has 2 rings (SSSR count). The van der Waals surface area contributed by atoms with Crippen LogP contribution in [0.3, 0.4) is 0 Å². The highest BCUT2D eigenvalue weighted by atomic mass is 32.1. The maximum atomic E-state index is 11.9. The number of hydrogen-bond acceptors (Lipinski definition) is 5. The van der Waals surface area contributed by atoms with E-state index in [-0.39, 0.29) is 5.82 Å². The fraction of sp³-hybridized carbons (Fsp3) is 0.400. The summed E-state index contributed by atoms with van der Waals surface area (Å²) >= 11 is 5.34. The van der Waals surface area contributed by atoms with Crippen LogP contribution in [-0.2, 0) is 11.8 Å². The van der Waals surface area contributed by atoms with E-state index in [0.29, 0.717) is 4.77 Å². The number of nitrogens with zero attached hydrogens (tertiary/aromatic N) is 4. The molecule has 1 aromatic carbocycles. The van der Waals surface area contributed by atoms with Gasteiger partial charge >= 0.3 is 5.97 Å². The molecule has 0 aliphatic heterocycles. The van der Waals surface area contributed by atoms with Crippen LogP contribution in [-0.4, -0.2) is 40.5 Å². The van der Waals surface area contributed by atoms with Crippen molar-refractivity contribution in [3.63, 3.8) is 0 Å². The second kappa shape index (κ2) is 6.74. The lowest BCUT2D eigenvalue weighted by molar-refractivity contribution is 0.0583. The third-order valence-corrected chi connectivity index (χ3v) is 3.98. The molecule has 6 nitrogen and oxygen atoms in total. The van der Waals surface area contributed by atoms with Gasteiger partial charge in [0.1, 0.15) is 0 Å². The fourth-order valence-corrected chi connectivity index (χ4v) is 2.55. The zero-order valence-electron chi connectivity index (χ0n) is 13.2. The summed E-state index contributed by atoms with van der Waals surface area (Å²) in [5, 5.41) is 4.14. The van der Waals surface area contributed by atoms with E-state index in [1.165, 1.54) is 11.8 Å². The van der Waals surface area contributed by atoms with Gasteiger partial charge in [0.25, 0.3) is 0 Å². The maximum absolute atomic E-state index is 11.9. The molecule has 0 amide bonds. The molecule has 0 radical (unpaired) electrons. The normalized spacial score (nSPS) is 10.5. The van der Waals surface area contributed by atoms with E-state index in [1.807, 2.05) is 24.3 Å². The molecule has 0 N–H and O–H groups in total. The monoisotopic (exact) mass is 320 g/mol. The Morgan fingerprint density at radius 1 is 1.27 bits per heavy atom. The molecule has 2 aromatic rings. The molecule has 0 aliphatic rings. The summed E-state index contributed by atoms with van der Waals surface area (Å²) < 4.78 is 8.32. The molecular formula is C15H20N4O2S. The van der Waals surface area contributed by atoms with Crippen LogP contribution < -0.4 is 4.90 Å². The predicted octanol–water partition coefficient (Wildman–Crippen LogP) is 2.57. The van der Waals surface area contributed by atoms with Crippen LogP contribution in [0.1, 0.15) is 24.5 Å². The van der Waals surface area contributed by atoms with Gasteiger partial charge in [0, 0.05) is 25.8 Å². The van der Waals surface area contributed by atoms with Gasteiger partial charge in [0.2, 0.25) is 10.6 Å². The van der Waals surface area contributed by atoms with Crippen molar-refractivity contribution < 1.29 is 9.53 Å². The standard InChI is InChI=1S/C15H20N4O2S/c1-5-18(6-2)11-7-9-12(10-8-11)19-13(14(20)21-4)16-17(3)15(19)22/h7-10H,5-6H2,1-4H3. The number of benzene rings is 1. The Kier molecular flexibility index (Phi) is 4.97. The van der Waals surface area contributed by atoms with Crippen LogP contribution >= 0.6 is 12.2 Å². The second-order valence-corrected chi connectivity index (χ2v) is 5.11. The third kappa shape index (κ3) is 2.89. The van der Waals surface area contributed by atoms with Crippen molar-refractivity contribution in [1.29, 1.82) is 0 Å². The quantitative estimate of drug-likeness (QED) is 0.626. The highest BCUT2D eigenvalue weighted by molar-refractivity contribution is 7.71. The molecule has 0 aliphatic carbocycles. The van der Waals surface area contributed by atoms with Crippen LogP contribution in [0.2, 0.25) is 0 Å². The lowest BCUT2D eigenvalue weighted by Crippen LogP contribution is -2.21. The van der Waals surface area contributed by atoms with Crippen LogP contribution in [0.5, 0.6) is 0 Å². The first-order valence-electron chi connectivity index (χ1n) is 7.13. The molecule has 1 heterocycles. The third-order valence-electron chi connectivity index (χ3n) is 3.53. The summed E-state index contributed by atoms with van der Waals surface area (Å²) in [4.78, 5) is 14.1. The van der Waals surface area contributed by atoms with Gasteiger partial charge in [-0.25, -0.2) is 9.48 Å². The number of aryl methyl sites for hydroxylation is 1. The topological polar surface area (TPSA) is 52.3 Å². The van der Waals surface area contributed by atoms with Gasteiger partial charge in [-0.2, -0.15) is 0 Å². The molecule has 0 saturated heterocycles. The van der Waals surface area contributed by atoms with E-state index in [2.05, 4.69) is 23.8 Å². The van der Waals surface area contributed by atoms with Crippen molar-refractivity contribution in [2.75, 3.05) is 25.1 Å². The van der Waals surface area contributed by atoms with Gasteiger partial charge in [-0.3, -0.25) is 4.57 Å². The van der Waals surface area contributed by atoms with E-state index >= 15 is 0 Å². The Labute approximate surface area is 134 Å². The van der Waals surface area contributed by atoms with Crippen LogP contribution in [0, 0.1) is 4.77 Å². The van der Waals surface area contributed by atoms with Crippen molar-refractivity contribution in [3.8, 4) is 5.69 Å². The van der Waals surface area contributed by atoms with Crippen molar-refractivity contribution >= 4 is 23.9 Å². The molecule has 0 fully saturated rings. The number of esters is 1. The number of methoxy groups -OCH3 is 1. The smallest absolute Gasteiger partial charge is 0.376 e. The molecule has 0 spiro atoms. The summed E-state index contributed by atoms with van der Waals surface area (Å²) in [6.45, 7) is 6.11. The molecule has 7 heteroatoms. The first kappa shape index (κ1) is 16.2. The number of anilines is 1. The Hall–Kier alpha value is -2.15. The lowest BCUT2D eigenvalue weighted by Gasteiger charge is -2.21. The molecule has 0 atom stereocenters. The molecular weight excluding hydrogens is 300 g/mol. The summed E-state index contributed by atoms with van der Waals surface area (Å²) in [5.41, 5.74) is 1.91. The van der Waals surface area contributed by atoms with Gasteiger partial charge in [-0.05, 0) is 50.3 Å². The number of aromatic nitrogens is 3. The summed E-state index contributed by atoms with van der Waals surface area (Å²) in [7, 11) is 3.03. The Morgan fingerprint density at radius 3 is 2.36 bits per heavy atom. The van der Waals surface area contributed by atoms with Crippen molar-refractivity contribution in [1.82, 2.24) is 14.3 Å². The minimum Gasteiger partial charge on any atom is -0.463 e. The minimum atomic E-state index is -0.514. The van der Waals surface area contributed by atoms with E-state index in [4.69, 9.17) is 17.0 Å². The molecule has 22 heavy (non-hydrogen) atoms. The Bertz CT molecular complexity index is 714.